The van der Waals surface area contributed by atoms with Crippen LogP contribution in [0.4, 0.5) is 0 Å². The number of rotatable bonds is 9. The standard InChI is InChI=1S/C20H27NO3S.ClH/c1-20(2,3)21-13-16(22)14-24-18-11-12-25-19(18)17(23)10-9-15-7-5-4-6-8-15;/h4-8,11-12,16,21-22H,9-10,13-14H2,1-3H3;1H. The van der Waals surface area contributed by atoms with E-state index in [1.165, 1.54) is 11.3 Å². The molecule has 0 radical (unpaired) electrons. The van der Waals surface area contributed by atoms with E-state index in [0.29, 0.717) is 23.6 Å². The lowest BCUT2D eigenvalue weighted by Crippen LogP contribution is -2.42. The van der Waals surface area contributed by atoms with Gasteiger partial charge in [-0.2, -0.15) is 0 Å². The molecule has 6 heteroatoms. The fourth-order valence-corrected chi connectivity index (χ4v) is 3.10. The van der Waals surface area contributed by atoms with E-state index in [1.807, 2.05) is 56.5 Å². The Balaban J connectivity index is 0.00000338. The van der Waals surface area contributed by atoms with E-state index in [9.17, 15) is 9.90 Å². The Morgan fingerprint density at radius 1 is 1.23 bits per heavy atom. The number of aliphatic hydroxyl groups excluding tert-OH is 1. The van der Waals surface area contributed by atoms with Gasteiger partial charge in [0.25, 0.3) is 0 Å². The van der Waals surface area contributed by atoms with Crippen LogP contribution in [-0.2, 0) is 6.42 Å². The molecule has 1 atom stereocenters. The van der Waals surface area contributed by atoms with Gasteiger partial charge in [0.2, 0.25) is 0 Å². The maximum atomic E-state index is 12.5. The lowest BCUT2D eigenvalue weighted by atomic mass is 10.1. The molecule has 2 aromatic rings. The molecule has 1 aromatic heterocycles. The summed E-state index contributed by atoms with van der Waals surface area (Å²) in [6, 6.07) is 11.8. The van der Waals surface area contributed by atoms with E-state index in [2.05, 4.69) is 5.32 Å². The predicted octanol–water partition coefficient (Wildman–Crippen LogP) is 4.11. The minimum Gasteiger partial charge on any atom is -0.489 e. The number of thiophene rings is 1. The molecule has 0 aliphatic heterocycles. The molecule has 1 heterocycles. The Bertz CT molecular complexity index is 667. The highest BCUT2D eigenvalue weighted by Gasteiger charge is 2.17. The molecule has 0 aliphatic carbocycles. The van der Waals surface area contributed by atoms with Crippen LogP contribution in [0, 0.1) is 0 Å². The summed E-state index contributed by atoms with van der Waals surface area (Å²) in [5, 5.41) is 15.1. The SMILES string of the molecule is CC(C)(C)NCC(O)COc1ccsc1C(=O)CCc1ccccc1.Cl. The number of benzene rings is 1. The number of ketones is 1. The zero-order valence-electron chi connectivity index (χ0n) is 15.5. The first kappa shape index (κ1) is 22.6. The summed E-state index contributed by atoms with van der Waals surface area (Å²) in [5.74, 6) is 0.647. The first-order chi connectivity index (χ1) is 11.8. The van der Waals surface area contributed by atoms with Crippen LogP contribution in [0.5, 0.6) is 5.75 Å². The molecule has 0 saturated carbocycles. The molecule has 0 aliphatic rings. The van der Waals surface area contributed by atoms with Crippen LogP contribution in [-0.4, -0.2) is 35.7 Å². The number of hydrogen-bond acceptors (Lipinski definition) is 5. The van der Waals surface area contributed by atoms with Crippen LogP contribution in [0.15, 0.2) is 41.8 Å². The highest BCUT2D eigenvalue weighted by molar-refractivity contribution is 7.12. The van der Waals surface area contributed by atoms with Crippen molar-refractivity contribution in [3.63, 3.8) is 0 Å². The molecule has 2 rings (SSSR count). The van der Waals surface area contributed by atoms with Gasteiger partial charge in [-0.1, -0.05) is 30.3 Å². The molecule has 1 aromatic carbocycles. The van der Waals surface area contributed by atoms with Crippen LogP contribution in [0.2, 0.25) is 0 Å². The highest BCUT2D eigenvalue weighted by Crippen LogP contribution is 2.27. The van der Waals surface area contributed by atoms with E-state index in [-0.39, 0.29) is 30.3 Å². The Morgan fingerprint density at radius 2 is 1.92 bits per heavy atom. The van der Waals surface area contributed by atoms with Crippen LogP contribution in [0.3, 0.4) is 0 Å². The van der Waals surface area contributed by atoms with Crippen molar-refractivity contribution in [2.75, 3.05) is 13.2 Å². The van der Waals surface area contributed by atoms with Gasteiger partial charge in [0.05, 0.1) is 0 Å². The lowest BCUT2D eigenvalue weighted by molar-refractivity contribution is 0.0939. The molecule has 1 unspecified atom stereocenters. The molecule has 4 nitrogen and oxygen atoms in total. The number of Topliss-reactive ketones (excluding diaryl/α,β-unsaturated/α-hetero) is 1. The van der Waals surface area contributed by atoms with Crippen molar-refractivity contribution in [3.8, 4) is 5.75 Å². The second-order valence-electron chi connectivity index (χ2n) is 7.12. The van der Waals surface area contributed by atoms with Gasteiger partial charge >= 0.3 is 0 Å². The van der Waals surface area contributed by atoms with Gasteiger partial charge in [-0.15, -0.1) is 23.7 Å². The topological polar surface area (TPSA) is 58.6 Å². The Labute approximate surface area is 166 Å². The average molecular weight is 398 g/mol. The summed E-state index contributed by atoms with van der Waals surface area (Å²) in [5.41, 5.74) is 1.10. The molecule has 0 spiro atoms. The quantitative estimate of drug-likeness (QED) is 0.625. The van der Waals surface area contributed by atoms with Crippen LogP contribution >= 0.6 is 23.7 Å². The number of ether oxygens (including phenoxy) is 1. The van der Waals surface area contributed by atoms with Crippen LogP contribution in [0.1, 0.15) is 42.4 Å². The van der Waals surface area contributed by atoms with E-state index >= 15 is 0 Å². The van der Waals surface area contributed by atoms with Crippen molar-refractivity contribution in [1.82, 2.24) is 5.32 Å². The predicted molar refractivity (Wildman–Crippen MR) is 110 cm³/mol. The fraction of sp³-hybridized carbons (Fsp3) is 0.450. The van der Waals surface area contributed by atoms with Gasteiger partial charge in [0.1, 0.15) is 23.3 Å². The van der Waals surface area contributed by atoms with Gasteiger partial charge in [0, 0.05) is 18.5 Å². The van der Waals surface area contributed by atoms with Gasteiger partial charge in [-0.3, -0.25) is 4.79 Å². The summed E-state index contributed by atoms with van der Waals surface area (Å²) in [4.78, 5) is 13.1. The molecular weight excluding hydrogens is 370 g/mol. The summed E-state index contributed by atoms with van der Waals surface area (Å²) < 4.78 is 5.68. The summed E-state index contributed by atoms with van der Waals surface area (Å²) >= 11 is 1.39. The lowest BCUT2D eigenvalue weighted by Gasteiger charge is -2.22. The largest absolute Gasteiger partial charge is 0.489 e. The van der Waals surface area contributed by atoms with Gasteiger partial charge < -0.3 is 15.2 Å². The van der Waals surface area contributed by atoms with Gasteiger partial charge in [-0.05, 0) is 44.2 Å². The molecule has 144 valence electrons. The van der Waals surface area contributed by atoms with Crippen molar-refractivity contribution >= 4 is 29.5 Å². The summed E-state index contributed by atoms with van der Waals surface area (Å²) in [6.45, 7) is 6.75. The number of hydrogen-bond donors (Lipinski definition) is 2. The third kappa shape index (κ3) is 7.87. The first-order valence-electron chi connectivity index (χ1n) is 8.55. The molecule has 0 amide bonds. The minimum absolute atomic E-state index is 0. The van der Waals surface area contributed by atoms with Crippen LogP contribution < -0.4 is 10.1 Å². The number of nitrogens with one attached hydrogen (secondary N) is 1. The first-order valence-corrected chi connectivity index (χ1v) is 9.43. The van der Waals surface area contributed by atoms with E-state index in [1.54, 1.807) is 6.07 Å². The smallest absolute Gasteiger partial charge is 0.176 e. The average Bonchev–Trinajstić information content (AvgIpc) is 3.05. The Morgan fingerprint density at radius 3 is 2.58 bits per heavy atom. The fourth-order valence-electron chi connectivity index (χ4n) is 2.30. The van der Waals surface area contributed by atoms with Gasteiger partial charge in [-0.25, -0.2) is 0 Å². The highest BCUT2D eigenvalue weighted by atomic mass is 35.5. The van der Waals surface area contributed by atoms with Crippen molar-refractivity contribution in [2.45, 2.75) is 45.3 Å². The van der Waals surface area contributed by atoms with Crippen molar-refractivity contribution in [3.05, 3.63) is 52.2 Å². The summed E-state index contributed by atoms with van der Waals surface area (Å²) in [6.07, 6.45) is 0.552. The number of carbonyl (C=O) groups is 1. The maximum absolute atomic E-state index is 12.5. The maximum Gasteiger partial charge on any atom is 0.176 e. The third-order valence-electron chi connectivity index (χ3n) is 3.67. The van der Waals surface area contributed by atoms with Crippen LogP contribution in [0.25, 0.3) is 0 Å². The molecule has 2 N–H and O–H groups in total. The number of aliphatic hydroxyl groups is 1. The zero-order chi connectivity index (χ0) is 18.3. The number of halogens is 1. The van der Waals surface area contributed by atoms with Crippen molar-refractivity contribution in [2.24, 2.45) is 0 Å². The zero-order valence-corrected chi connectivity index (χ0v) is 17.2. The molecule has 0 bridgehead atoms. The number of β-amino-alcohol motifs (C(OH)–C–C–N with tert-alkyl or cyclic N) is 1. The molecule has 26 heavy (non-hydrogen) atoms. The minimum atomic E-state index is -0.619. The summed E-state index contributed by atoms with van der Waals surface area (Å²) in [7, 11) is 0. The second-order valence-corrected chi connectivity index (χ2v) is 8.03. The second kappa shape index (κ2) is 10.7. The van der Waals surface area contributed by atoms with E-state index in [0.717, 1.165) is 12.0 Å². The molecule has 0 saturated heterocycles. The molecule has 0 fully saturated rings. The Hall–Kier alpha value is -1.40. The van der Waals surface area contributed by atoms with E-state index < -0.39 is 6.10 Å². The molecular formula is C20H28ClNO3S. The van der Waals surface area contributed by atoms with Crippen molar-refractivity contribution in [1.29, 1.82) is 0 Å². The number of aryl methyl sites for hydroxylation is 1. The normalized spacial score (nSPS) is 12.3. The van der Waals surface area contributed by atoms with Crippen molar-refractivity contribution < 1.29 is 14.6 Å². The van der Waals surface area contributed by atoms with Gasteiger partial charge in [0.15, 0.2) is 5.78 Å². The number of carbonyl (C=O) groups excluding carboxylic acids is 1. The van der Waals surface area contributed by atoms with E-state index in [4.69, 9.17) is 4.74 Å². The monoisotopic (exact) mass is 397 g/mol. The Kier molecular flexibility index (Phi) is 9.30. The third-order valence-corrected chi connectivity index (χ3v) is 4.60.